The van der Waals surface area contributed by atoms with Crippen molar-refractivity contribution in [2.75, 3.05) is 24.6 Å². The van der Waals surface area contributed by atoms with Crippen LogP contribution < -0.4 is 0 Å². The third kappa shape index (κ3) is 5.41. The molecule has 0 radical (unpaired) electrons. The minimum absolute atomic E-state index is 0.343. The molecule has 0 bridgehead atoms. The maximum absolute atomic E-state index is 12.0. The van der Waals surface area contributed by atoms with Gasteiger partial charge < -0.3 is 14.7 Å². The van der Waals surface area contributed by atoms with Crippen molar-refractivity contribution in [3.63, 3.8) is 0 Å². The standard InChI is InChI=1S/C15H27NO4S/c1-5-21-11-8-15(12(17)18)6-9-16(10-7-15)13(19)20-14(2,3)4/h5-11H2,1-4H3,(H,17,18). The van der Waals surface area contributed by atoms with Gasteiger partial charge in [-0.25, -0.2) is 4.79 Å². The number of aliphatic carboxylic acids is 1. The smallest absolute Gasteiger partial charge is 0.410 e. The summed E-state index contributed by atoms with van der Waals surface area (Å²) in [6, 6.07) is 0. The van der Waals surface area contributed by atoms with Crippen LogP contribution in [0.4, 0.5) is 4.79 Å². The van der Waals surface area contributed by atoms with Gasteiger partial charge in [0, 0.05) is 13.1 Å². The van der Waals surface area contributed by atoms with Crippen LogP contribution in [0.3, 0.4) is 0 Å². The van der Waals surface area contributed by atoms with Crippen LogP contribution in [0.2, 0.25) is 0 Å². The second kappa shape index (κ2) is 7.38. The number of likely N-dealkylation sites (tertiary alicyclic amines) is 1. The van der Waals surface area contributed by atoms with Crippen LogP contribution >= 0.6 is 11.8 Å². The minimum atomic E-state index is -0.733. The molecule has 0 saturated carbocycles. The molecule has 0 spiro atoms. The highest BCUT2D eigenvalue weighted by molar-refractivity contribution is 7.99. The highest BCUT2D eigenvalue weighted by Crippen LogP contribution is 2.36. The molecule has 6 heteroatoms. The molecule has 1 N–H and O–H groups in total. The number of amides is 1. The number of hydrogen-bond donors (Lipinski definition) is 1. The summed E-state index contributed by atoms with van der Waals surface area (Å²) < 4.78 is 5.34. The van der Waals surface area contributed by atoms with E-state index in [1.54, 1.807) is 16.7 Å². The van der Waals surface area contributed by atoms with E-state index in [0.717, 1.165) is 11.5 Å². The maximum atomic E-state index is 12.0. The summed E-state index contributed by atoms with van der Waals surface area (Å²) in [5.41, 5.74) is -1.20. The van der Waals surface area contributed by atoms with Crippen molar-refractivity contribution in [2.45, 2.75) is 52.6 Å². The Balaban J connectivity index is 2.58. The molecule has 0 aromatic rings. The van der Waals surface area contributed by atoms with E-state index < -0.39 is 17.0 Å². The number of ether oxygens (including phenoxy) is 1. The van der Waals surface area contributed by atoms with Gasteiger partial charge in [0.15, 0.2) is 0 Å². The number of carbonyl (C=O) groups excluding carboxylic acids is 1. The minimum Gasteiger partial charge on any atom is -0.481 e. The Kier molecular flexibility index (Phi) is 6.38. The predicted octanol–water partition coefficient (Wildman–Crippen LogP) is 3.23. The first kappa shape index (κ1) is 18.1. The van der Waals surface area contributed by atoms with E-state index in [0.29, 0.717) is 32.4 Å². The molecule has 1 rings (SSSR count). The Labute approximate surface area is 131 Å². The van der Waals surface area contributed by atoms with Crippen molar-refractivity contribution in [3.8, 4) is 0 Å². The average molecular weight is 317 g/mol. The van der Waals surface area contributed by atoms with E-state index in [1.165, 1.54) is 0 Å². The number of rotatable bonds is 5. The zero-order valence-electron chi connectivity index (χ0n) is 13.5. The maximum Gasteiger partial charge on any atom is 0.410 e. The quantitative estimate of drug-likeness (QED) is 0.789. The van der Waals surface area contributed by atoms with Crippen LogP contribution in [0.1, 0.15) is 47.0 Å². The molecule has 122 valence electrons. The lowest BCUT2D eigenvalue weighted by Crippen LogP contribution is -2.48. The summed E-state index contributed by atoms with van der Waals surface area (Å²) in [4.78, 5) is 25.3. The average Bonchev–Trinajstić information content (AvgIpc) is 2.37. The highest BCUT2D eigenvalue weighted by atomic mass is 32.2. The van der Waals surface area contributed by atoms with Gasteiger partial charge in [-0.2, -0.15) is 11.8 Å². The largest absolute Gasteiger partial charge is 0.481 e. The first-order valence-corrected chi connectivity index (χ1v) is 8.65. The number of piperidine rings is 1. The van der Waals surface area contributed by atoms with Crippen molar-refractivity contribution < 1.29 is 19.4 Å². The van der Waals surface area contributed by atoms with Gasteiger partial charge in [0.1, 0.15) is 5.60 Å². The second-order valence-corrected chi connectivity index (χ2v) is 7.89. The fourth-order valence-corrected chi connectivity index (χ4v) is 3.25. The van der Waals surface area contributed by atoms with Crippen LogP contribution in [0.15, 0.2) is 0 Å². The number of thioether (sulfide) groups is 1. The van der Waals surface area contributed by atoms with E-state index in [2.05, 4.69) is 6.92 Å². The second-order valence-electron chi connectivity index (χ2n) is 6.50. The van der Waals surface area contributed by atoms with Crippen LogP contribution in [0.5, 0.6) is 0 Å². The van der Waals surface area contributed by atoms with Crippen molar-refractivity contribution in [2.24, 2.45) is 5.41 Å². The lowest BCUT2D eigenvalue weighted by molar-refractivity contribution is -0.152. The number of hydrogen-bond acceptors (Lipinski definition) is 4. The molecule has 21 heavy (non-hydrogen) atoms. The topological polar surface area (TPSA) is 66.8 Å². The Morgan fingerprint density at radius 2 is 1.86 bits per heavy atom. The fourth-order valence-electron chi connectivity index (χ4n) is 2.43. The Morgan fingerprint density at radius 3 is 2.29 bits per heavy atom. The van der Waals surface area contributed by atoms with Crippen molar-refractivity contribution >= 4 is 23.8 Å². The van der Waals surface area contributed by atoms with Crippen LogP contribution in [-0.4, -0.2) is 52.3 Å². The molecule has 1 amide bonds. The molecule has 0 unspecified atom stereocenters. The lowest BCUT2D eigenvalue weighted by Gasteiger charge is -2.39. The lowest BCUT2D eigenvalue weighted by atomic mass is 9.76. The Morgan fingerprint density at radius 1 is 1.29 bits per heavy atom. The SMILES string of the molecule is CCSCCC1(C(=O)O)CCN(C(=O)OC(C)(C)C)CC1. The van der Waals surface area contributed by atoms with E-state index >= 15 is 0 Å². The van der Waals surface area contributed by atoms with Crippen LogP contribution in [0, 0.1) is 5.41 Å². The Hall–Kier alpha value is -0.910. The summed E-state index contributed by atoms with van der Waals surface area (Å²) in [7, 11) is 0. The molecule has 1 heterocycles. The van der Waals surface area contributed by atoms with Gasteiger partial charge in [-0.15, -0.1) is 0 Å². The zero-order chi connectivity index (χ0) is 16.1. The molecular formula is C15H27NO4S. The summed E-state index contributed by atoms with van der Waals surface area (Å²) in [5.74, 6) is 1.12. The molecule has 1 aliphatic rings. The van der Waals surface area contributed by atoms with E-state index in [-0.39, 0.29) is 6.09 Å². The van der Waals surface area contributed by atoms with Crippen molar-refractivity contribution in [3.05, 3.63) is 0 Å². The molecule has 0 aliphatic carbocycles. The summed E-state index contributed by atoms with van der Waals surface area (Å²) in [6.07, 6.45) is 1.34. The third-order valence-electron chi connectivity index (χ3n) is 3.75. The summed E-state index contributed by atoms with van der Waals surface area (Å²) in [6.45, 7) is 8.48. The highest BCUT2D eigenvalue weighted by Gasteiger charge is 2.42. The molecule has 0 aromatic carbocycles. The first-order chi connectivity index (χ1) is 9.70. The van der Waals surface area contributed by atoms with Gasteiger partial charge >= 0.3 is 12.1 Å². The third-order valence-corrected chi connectivity index (χ3v) is 4.66. The monoisotopic (exact) mass is 317 g/mol. The van der Waals surface area contributed by atoms with Gasteiger partial charge in [-0.1, -0.05) is 6.92 Å². The molecule has 0 aromatic heterocycles. The number of carbonyl (C=O) groups is 2. The first-order valence-electron chi connectivity index (χ1n) is 7.49. The normalized spacial score (nSPS) is 18.4. The van der Waals surface area contributed by atoms with Crippen molar-refractivity contribution in [1.82, 2.24) is 4.90 Å². The molecule has 1 fully saturated rings. The Bertz CT molecular complexity index is 370. The fraction of sp³-hybridized carbons (Fsp3) is 0.867. The van der Waals surface area contributed by atoms with E-state index in [9.17, 15) is 14.7 Å². The van der Waals surface area contributed by atoms with Gasteiger partial charge in [-0.05, 0) is 51.5 Å². The van der Waals surface area contributed by atoms with Gasteiger partial charge in [0.25, 0.3) is 0 Å². The van der Waals surface area contributed by atoms with E-state index in [4.69, 9.17) is 4.74 Å². The van der Waals surface area contributed by atoms with Gasteiger partial charge in [0.2, 0.25) is 0 Å². The van der Waals surface area contributed by atoms with Gasteiger partial charge in [0.05, 0.1) is 5.41 Å². The molecule has 0 atom stereocenters. The number of carboxylic acids is 1. The summed E-state index contributed by atoms with van der Waals surface area (Å²) >= 11 is 1.76. The summed E-state index contributed by atoms with van der Waals surface area (Å²) in [5, 5.41) is 9.56. The van der Waals surface area contributed by atoms with Crippen molar-refractivity contribution in [1.29, 1.82) is 0 Å². The number of carboxylic acid groups (broad SMARTS) is 1. The van der Waals surface area contributed by atoms with E-state index in [1.807, 2.05) is 20.8 Å². The molecule has 1 saturated heterocycles. The molecule has 1 aliphatic heterocycles. The molecule has 5 nitrogen and oxygen atoms in total. The van der Waals surface area contributed by atoms with Crippen LogP contribution in [-0.2, 0) is 9.53 Å². The number of nitrogens with zero attached hydrogens (tertiary/aromatic N) is 1. The van der Waals surface area contributed by atoms with Crippen LogP contribution in [0.25, 0.3) is 0 Å². The zero-order valence-corrected chi connectivity index (χ0v) is 14.3. The molecular weight excluding hydrogens is 290 g/mol. The predicted molar refractivity (Wildman–Crippen MR) is 84.7 cm³/mol. The van der Waals surface area contributed by atoms with Gasteiger partial charge in [-0.3, -0.25) is 4.79 Å².